The molecule has 0 nitrogen and oxygen atoms in total. The monoisotopic (exact) mass is 148 g/mol. The van der Waals surface area contributed by atoms with Crippen LogP contribution in [0.25, 0.3) is 0 Å². The lowest BCUT2D eigenvalue weighted by atomic mass is 10.2. The van der Waals surface area contributed by atoms with Gasteiger partial charge in [-0.05, 0) is 20.8 Å². The number of benzene rings is 1. The quantitative estimate of drug-likeness (QED) is 0.493. The van der Waals surface area contributed by atoms with Crippen molar-refractivity contribution in [3.05, 3.63) is 48.0 Å². The summed E-state index contributed by atoms with van der Waals surface area (Å²) in [6, 6.07) is 10.3. The van der Waals surface area contributed by atoms with E-state index in [1.807, 2.05) is 44.2 Å². The maximum absolute atomic E-state index is 2.08. The third-order valence-electron chi connectivity index (χ3n) is 1.27. The molecule has 0 bridgehead atoms. The highest BCUT2D eigenvalue weighted by Crippen LogP contribution is 1.92. The summed E-state index contributed by atoms with van der Waals surface area (Å²) in [4.78, 5) is 0. The standard InChI is InChI=1S/C7H8.C4H8/c1-7-5-3-2-4-6-7;1-3-4-2/h2-6H,1H3;3-4H,1-2H3. The van der Waals surface area contributed by atoms with E-state index in [1.165, 1.54) is 5.56 Å². The van der Waals surface area contributed by atoms with Crippen LogP contribution in [0.5, 0.6) is 0 Å². The zero-order chi connectivity index (χ0) is 8.53. The van der Waals surface area contributed by atoms with Gasteiger partial charge in [-0.2, -0.15) is 0 Å². The van der Waals surface area contributed by atoms with Crippen molar-refractivity contribution in [2.75, 3.05) is 0 Å². The summed E-state index contributed by atoms with van der Waals surface area (Å²) in [6.45, 7) is 6.08. The number of allylic oxidation sites excluding steroid dienone is 2. The van der Waals surface area contributed by atoms with Gasteiger partial charge in [-0.3, -0.25) is 0 Å². The summed E-state index contributed by atoms with van der Waals surface area (Å²) in [7, 11) is 0. The van der Waals surface area contributed by atoms with Crippen LogP contribution in [0.2, 0.25) is 0 Å². The normalized spacial score (nSPS) is 9.00. The Balaban J connectivity index is 0.000000218. The van der Waals surface area contributed by atoms with Crippen LogP contribution in [0, 0.1) is 6.92 Å². The predicted octanol–water partition coefficient (Wildman–Crippen LogP) is 3.58. The minimum Gasteiger partial charge on any atom is -0.0919 e. The van der Waals surface area contributed by atoms with E-state index < -0.39 is 0 Å². The summed E-state index contributed by atoms with van der Waals surface area (Å²) in [5, 5.41) is 0. The van der Waals surface area contributed by atoms with Crippen LogP contribution in [0.1, 0.15) is 19.4 Å². The lowest BCUT2D eigenvalue weighted by Crippen LogP contribution is -1.62. The minimum atomic E-state index is 1.32. The molecule has 0 aliphatic carbocycles. The molecule has 0 radical (unpaired) electrons. The van der Waals surface area contributed by atoms with Gasteiger partial charge in [0, 0.05) is 0 Å². The van der Waals surface area contributed by atoms with Crippen molar-refractivity contribution in [1.82, 2.24) is 0 Å². The second kappa shape index (κ2) is 7.07. The van der Waals surface area contributed by atoms with Crippen LogP contribution in [-0.2, 0) is 0 Å². The van der Waals surface area contributed by atoms with Crippen LogP contribution < -0.4 is 0 Å². The molecule has 11 heavy (non-hydrogen) atoms. The molecule has 0 fully saturated rings. The summed E-state index contributed by atoms with van der Waals surface area (Å²) < 4.78 is 0. The first-order valence-corrected chi connectivity index (χ1v) is 3.90. The molecule has 0 saturated heterocycles. The number of aryl methyl sites for hydroxylation is 1. The van der Waals surface area contributed by atoms with Crippen molar-refractivity contribution in [2.45, 2.75) is 20.8 Å². The largest absolute Gasteiger partial charge is 0.0919 e. The Morgan fingerprint density at radius 1 is 0.909 bits per heavy atom. The fourth-order valence-electron chi connectivity index (χ4n) is 0.534. The van der Waals surface area contributed by atoms with E-state index in [2.05, 4.69) is 19.1 Å². The highest BCUT2D eigenvalue weighted by atomic mass is 13.8. The molecule has 0 saturated carbocycles. The third kappa shape index (κ3) is 6.85. The van der Waals surface area contributed by atoms with Gasteiger partial charge < -0.3 is 0 Å². The van der Waals surface area contributed by atoms with Crippen molar-refractivity contribution in [3.8, 4) is 0 Å². The van der Waals surface area contributed by atoms with E-state index >= 15 is 0 Å². The van der Waals surface area contributed by atoms with E-state index in [9.17, 15) is 0 Å². The van der Waals surface area contributed by atoms with Crippen LogP contribution in [0.3, 0.4) is 0 Å². The summed E-state index contributed by atoms with van der Waals surface area (Å²) in [5.74, 6) is 0. The molecule has 0 aromatic heterocycles. The SMILES string of the molecule is CC=CC.Cc1ccccc1. The molecule has 0 aliphatic rings. The lowest BCUT2D eigenvalue weighted by molar-refractivity contribution is 1.48. The van der Waals surface area contributed by atoms with Crippen molar-refractivity contribution >= 4 is 0 Å². The first-order valence-electron chi connectivity index (χ1n) is 3.90. The molecule has 60 valence electrons. The van der Waals surface area contributed by atoms with Crippen LogP contribution in [0.15, 0.2) is 42.5 Å². The Bertz CT molecular complexity index is 180. The van der Waals surface area contributed by atoms with Crippen molar-refractivity contribution in [3.63, 3.8) is 0 Å². The second-order valence-electron chi connectivity index (χ2n) is 2.32. The first kappa shape index (κ1) is 9.96. The predicted molar refractivity (Wildman–Crippen MR) is 51.7 cm³/mol. The average molecular weight is 148 g/mol. The molecule has 1 aromatic carbocycles. The van der Waals surface area contributed by atoms with E-state index in [0.717, 1.165) is 0 Å². The average Bonchev–Trinajstić information content (AvgIpc) is 2.07. The van der Waals surface area contributed by atoms with Gasteiger partial charge in [0.05, 0.1) is 0 Å². The Hall–Kier alpha value is -1.04. The van der Waals surface area contributed by atoms with E-state index in [0.29, 0.717) is 0 Å². The van der Waals surface area contributed by atoms with E-state index in [1.54, 1.807) is 0 Å². The fourth-order valence-corrected chi connectivity index (χ4v) is 0.534. The van der Waals surface area contributed by atoms with E-state index in [4.69, 9.17) is 0 Å². The lowest BCUT2D eigenvalue weighted by Gasteiger charge is -1.82. The summed E-state index contributed by atoms with van der Waals surface area (Å²) in [6.07, 6.45) is 4.00. The highest BCUT2D eigenvalue weighted by molar-refractivity contribution is 5.11. The maximum Gasteiger partial charge on any atom is -0.0398 e. The van der Waals surface area contributed by atoms with Crippen LogP contribution >= 0.6 is 0 Å². The smallest absolute Gasteiger partial charge is 0.0398 e. The van der Waals surface area contributed by atoms with E-state index in [-0.39, 0.29) is 0 Å². The molecule has 0 heterocycles. The van der Waals surface area contributed by atoms with Crippen LogP contribution in [-0.4, -0.2) is 0 Å². The van der Waals surface area contributed by atoms with Gasteiger partial charge in [0.2, 0.25) is 0 Å². The van der Waals surface area contributed by atoms with Crippen molar-refractivity contribution < 1.29 is 0 Å². The van der Waals surface area contributed by atoms with Gasteiger partial charge in [-0.15, -0.1) is 0 Å². The maximum atomic E-state index is 2.08. The second-order valence-corrected chi connectivity index (χ2v) is 2.32. The van der Waals surface area contributed by atoms with Gasteiger partial charge in [-0.25, -0.2) is 0 Å². The Morgan fingerprint density at radius 3 is 1.55 bits per heavy atom. The molecule has 0 heteroatoms. The molecule has 1 rings (SSSR count). The molecule has 0 unspecified atom stereocenters. The molecule has 0 aliphatic heterocycles. The third-order valence-corrected chi connectivity index (χ3v) is 1.27. The fraction of sp³-hybridized carbons (Fsp3) is 0.273. The Morgan fingerprint density at radius 2 is 1.36 bits per heavy atom. The van der Waals surface area contributed by atoms with Gasteiger partial charge in [0.1, 0.15) is 0 Å². The Kier molecular flexibility index (Phi) is 6.40. The van der Waals surface area contributed by atoms with Gasteiger partial charge >= 0.3 is 0 Å². The minimum absolute atomic E-state index is 1.32. The van der Waals surface area contributed by atoms with Gasteiger partial charge in [-0.1, -0.05) is 48.0 Å². The summed E-state index contributed by atoms with van der Waals surface area (Å²) in [5.41, 5.74) is 1.32. The number of hydrogen-bond donors (Lipinski definition) is 0. The molecule has 0 amide bonds. The zero-order valence-corrected chi connectivity index (χ0v) is 7.54. The molecule has 0 N–H and O–H groups in total. The zero-order valence-electron chi connectivity index (χ0n) is 7.54. The topological polar surface area (TPSA) is 0 Å². The molecular weight excluding hydrogens is 132 g/mol. The van der Waals surface area contributed by atoms with Gasteiger partial charge in [0.25, 0.3) is 0 Å². The molecular formula is C11H16. The van der Waals surface area contributed by atoms with Crippen LogP contribution in [0.4, 0.5) is 0 Å². The summed E-state index contributed by atoms with van der Waals surface area (Å²) >= 11 is 0. The highest BCUT2D eigenvalue weighted by Gasteiger charge is 1.72. The number of rotatable bonds is 0. The number of hydrogen-bond acceptors (Lipinski definition) is 0. The van der Waals surface area contributed by atoms with Gasteiger partial charge in [0.15, 0.2) is 0 Å². The molecule has 0 atom stereocenters. The Labute approximate surface area is 69.6 Å². The van der Waals surface area contributed by atoms with Crippen molar-refractivity contribution in [1.29, 1.82) is 0 Å². The first-order chi connectivity index (χ1) is 5.31. The van der Waals surface area contributed by atoms with Crippen molar-refractivity contribution in [2.24, 2.45) is 0 Å². The molecule has 0 spiro atoms. The molecule has 1 aromatic rings.